The van der Waals surface area contributed by atoms with E-state index in [9.17, 15) is 0 Å². The van der Waals surface area contributed by atoms with Gasteiger partial charge in [0.1, 0.15) is 12.1 Å². The molecule has 1 N–H and O–H groups in total. The minimum absolute atomic E-state index is 0.443. The molecule has 0 bridgehead atoms. The van der Waals surface area contributed by atoms with Crippen LogP contribution < -0.4 is 10.1 Å². The van der Waals surface area contributed by atoms with Crippen LogP contribution in [0.1, 0.15) is 19.8 Å². The summed E-state index contributed by atoms with van der Waals surface area (Å²) in [7, 11) is 0. The first kappa shape index (κ1) is 11.1. The summed E-state index contributed by atoms with van der Waals surface area (Å²) in [4.78, 5) is 8.20. The molecule has 0 aliphatic carbocycles. The Bertz CT molecular complexity index is 327. The fourth-order valence-corrected chi connectivity index (χ4v) is 1.70. The van der Waals surface area contributed by atoms with Crippen molar-refractivity contribution < 1.29 is 9.47 Å². The van der Waals surface area contributed by atoms with Gasteiger partial charge in [0.05, 0.1) is 6.61 Å². The molecule has 1 aliphatic rings. The van der Waals surface area contributed by atoms with E-state index >= 15 is 0 Å². The lowest BCUT2D eigenvalue weighted by Crippen LogP contribution is -2.28. The highest BCUT2D eigenvalue weighted by Crippen LogP contribution is 2.15. The first-order chi connectivity index (χ1) is 7.88. The molecule has 2 rings (SSSR count). The van der Waals surface area contributed by atoms with Crippen LogP contribution in [0.25, 0.3) is 0 Å². The molecule has 1 aromatic heterocycles. The smallest absolute Gasteiger partial charge is 0.218 e. The van der Waals surface area contributed by atoms with Crippen LogP contribution in [0.4, 0.5) is 5.82 Å². The molecule has 1 aliphatic heterocycles. The zero-order valence-electron chi connectivity index (χ0n) is 9.48. The van der Waals surface area contributed by atoms with Gasteiger partial charge in [-0.1, -0.05) is 0 Å². The van der Waals surface area contributed by atoms with Gasteiger partial charge in [-0.15, -0.1) is 0 Å². The van der Waals surface area contributed by atoms with E-state index < -0.39 is 0 Å². The van der Waals surface area contributed by atoms with E-state index in [0.29, 0.717) is 18.5 Å². The fourth-order valence-electron chi connectivity index (χ4n) is 1.70. The van der Waals surface area contributed by atoms with Gasteiger partial charge >= 0.3 is 0 Å². The van der Waals surface area contributed by atoms with Crippen molar-refractivity contribution in [3.63, 3.8) is 0 Å². The molecule has 5 heteroatoms. The van der Waals surface area contributed by atoms with Gasteiger partial charge < -0.3 is 14.8 Å². The normalized spacial score (nSPS) is 17.1. The number of rotatable bonds is 4. The third kappa shape index (κ3) is 3.06. The van der Waals surface area contributed by atoms with E-state index in [1.807, 2.05) is 13.0 Å². The molecular formula is C11H17N3O2. The van der Waals surface area contributed by atoms with Gasteiger partial charge in [-0.3, -0.25) is 0 Å². The van der Waals surface area contributed by atoms with Crippen molar-refractivity contribution in [1.29, 1.82) is 0 Å². The predicted molar refractivity (Wildman–Crippen MR) is 60.7 cm³/mol. The molecule has 2 heterocycles. The van der Waals surface area contributed by atoms with Crippen molar-refractivity contribution in [1.82, 2.24) is 9.97 Å². The molecule has 88 valence electrons. The summed E-state index contributed by atoms with van der Waals surface area (Å²) >= 11 is 0. The van der Waals surface area contributed by atoms with Crippen molar-refractivity contribution in [3.05, 3.63) is 12.4 Å². The first-order valence-corrected chi connectivity index (χ1v) is 5.67. The van der Waals surface area contributed by atoms with Gasteiger partial charge in [0.2, 0.25) is 5.88 Å². The quantitative estimate of drug-likeness (QED) is 0.837. The molecule has 0 amide bonds. The summed E-state index contributed by atoms with van der Waals surface area (Å²) in [5.74, 6) is 1.44. The Morgan fingerprint density at radius 1 is 1.44 bits per heavy atom. The van der Waals surface area contributed by atoms with Gasteiger partial charge in [0.25, 0.3) is 0 Å². The van der Waals surface area contributed by atoms with E-state index in [1.54, 1.807) is 0 Å². The standard InChI is InChI=1S/C11H17N3O2/c1-2-16-11-7-10(12-8-13-11)14-9-3-5-15-6-4-9/h7-9H,2-6H2,1H3,(H,12,13,14). The van der Waals surface area contributed by atoms with Crippen LogP contribution in [-0.4, -0.2) is 35.8 Å². The van der Waals surface area contributed by atoms with Crippen molar-refractivity contribution in [2.45, 2.75) is 25.8 Å². The van der Waals surface area contributed by atoms with Crippen molar-refractivity contribution in [3.8, 4) is 5.88 Å². The predicted octanol–water partition coefficient (Wildman–Crippen LogP) is 1.47. The molecule has 0 unspecified atom stereocenters. The summed E-state index contributed by atoms with van der Waals surface area (Å²) in [5.41, 5.74) is 0. The summed E-state index contributed by atoms with van der Waals surface area (Å²) in [6.07, 6.45) is 3.56. The Hall–Kier alpha value is -1.36. The molecule has 0 atom stereocenters. The number of nitrogens with zero attached hydrogens (tertiary/aromatic N) is 2. The van der Waals surface area contributed by atoms with Crippen LogP contribution >= 0.6 is 0 Å². The SMILES string of the molecule is CCOc1cc(NC2CCOCC2)ncn1. The van der Waals surface area contributed by atoms with Gasteiger partial charge in [-0.05, 0) is 19.8 Å². The number of nitrogens with one attached hydrogen (secondary N) is 1. The minimum atomic E-state index is 0.443. The Balaban J connectivity index is 1.94. The number of anilines is 1. The lowest BCUT2D eigenvalue weighted by molar-refractivity contribution is 0.0904. The van der Waals surface area contributed by atoms with Gasteiger partial charge in [0.15, 0.2) is 0 Å². The first-order valence-electron chi connectivity index (χ1n) is 5.67. The maximum atomic E-state index is 5.32. The minimum Gasteiger partial charge on any atom is -0.478 e. The molecule has 5 nitrogen and oxygen atoms in total. The lowest BCUT2D eigenvalue weighted by Gasteiger charge is -2.23. The molecule has 0 saturated carbocycles. The summed E-state index contributed by atoms with van der Waals surface area (Å²) in [6, 6.07) is 2.28. The molecule has 0 radical (unpaired) electrons. The number of ether oxygens (including phenoxy) is 2. The van der Waals surface area contributed by atoms with E-state index in [4.69, 9.17) is 9.47 Å². The van der Waals surface area contributed by atoms with Crippen molar-refractivity contribution >= 4 is 5.82 Å². The second kappa shape index (κ2) is 5.65. The summed E-state index contributed by atoms with van der Waals surface area (Å²) in [6.45, 7) is 4.20. The van der Waals surface area contributed by atoms with Crippen molar-refractivity contribution in [2.75, 3.05) is 25.1 Å². The molecule has 1 fully saturated rings. The summed E-state index contributed by atoms with van der Waals surface area (Å²) in [5, 5.41) is 3.37. The van der Waals surface area contributed by atoms with Crippen LogP contribution in [0, 0.1) is 0 Å². The Morgan fingerprint density at radius 2 is 2.25 bits per heavy atom. The van der Waals surface area contributed by atoms with Gasteiger partial charge in [0, 0.05) is 25.3 Å². The van der Waals surface area contributed by atoms with Gasteiger partial charge in [-0.25, -0.2) is 9.97 Å². The largest absolute Gasteiger partial charge is 0.478 e. The Labute approximate surface area is 95.2 Å². The van der Waals surface area contributed by atoms with Crippen LogP contribution in [0.2, 0.25) is 0 Å². The van der Waals surface area contributed by atoms with Crippen LogP contribution in [-0.2, 0) is 4.74 Å². The highest BCUT2D eigenvalue weighted by atomic mass is 16.5. The van der Waals surface area contributed by atoms with E-state index in [-0.39, 0.29) is 0 Å². The average molecular weight is 223 g/mol. The molecule has 16 heavy (non-hydrogen) atoms. The second-order valence-corrected chi connectivity index (χ2v) is 3.71. The van der Waals surface area contributed by atoms with Crippen LogP contribution in [0.5, 0.6) is 5.88 Å². The van der Waals surface area contributed by atoms with Crippen LogP contribution in [0.3, 0.4) is 0 Å². The third-order valence-electron chi connectivity index (χ3n) is 2.51. The van der Waals surface area contributed by atoms with E-state index in [2.05, 4.69) is 15.3 Å². The van der Waals surface area contributed by atoms with Crippen molar-refractivity contribution in [2.24, 2.45) is 0 Å². The third-order valence-corrected chi connectivity index (χ3v) is 2.51. The number of hydrogen-bond acceptors (Lipinski definition) is 5. The Kier molecular flexibility index (Phi) is 3.93. The number of aromatic nitrogens is 2. The maximum Gasteiger partial charge on any atom is 0.218 e. The molecule has 0 spiro atoms. The second-order valence-electron chi connectivity index (χ2n) is 3.71. The zero-order chi connectivity index (χ0) is 11.2. The van der Waals surface area contributed by atoms with E-state index in [1.165, 1.54) is 6.33 Å². The zero-order valence-corrected chi connectivity index (χ0v) is 9.48. The molecule has 1 saturated heterocycles. The lowest BCUT2D eigenvalue weighted by atomic mass is 10.1. The topological polar surface area (TPSA) is 56.3 Å². The molecule has 0 aromatic carbocycles. The molecule has 1 aromatic rings. The monoisotopic (exact) mass is 223 g/mol. The van der Waals surface area contributed by atoms with E-state index in [0.717, 1.165) is 31.9 Å². The maximum absolute atomic E-state index is 5.32. The highest BCUT2D eigenvalue weighted by Gasteiger charge is 2.13. The highest BCUT2D eigenvalue weighted by molar-refractivity contribution is 5.38. The average Bonchev–Trinajstić information content (AvgIpc) is 2.31. The van der Waals surface area contributed by atoms with Crippen LogP contribution in [0.15, 0.2) is 12.4 Å². The Morgan fingerprint density at radius 3 is 3.00 bits per heavy atom. The molecular weight excluding hydrogens is 206 g/mol. The number of hydrogen-bond donors (Lipinski definition) is 1. The summed E-state index contributed by atoms with van der Waals surface area (Å²) < 4.78 is 10.6. The van der Waals surface area contributed by atoms with Gasteiger partial charge in [-0.2, -0.15) is 0 Å². The fraction of sp³-hybridized carbons (Fsp3) is 0.636.